The molecular formula is C29H30FN3O2. The Kier molecular flexibility index (Phi) is 6.53. The number of aryl methyl sites for hydroxylation is 1. The minimum atomic E-state index is -0.343. The Labute approximate surface area is 205 Å². The zero-order valence-electron chi connectivity index (χ0n) is 20.2. The number of ether oxygens (including phenoxy) is 1. The summed E-state index contributed by atoms with van der Waals surface area (Å²) >= 11 is 0. The summed E-state index contributed by atoms with van der Waals surface area (Å²) in [6, 6.07) is 22.6. The van der Waals surface area contributed by atoms with Gasteiger partial charge in [0.1, 0.15) is 17.4 Å². The van der Waals surface area contributed by atoms with Gasteiger partial charge in [-0.2, -0.15) is 0 Å². The second-order valence-corrected chi connectivity index (χ2v) is 9.42. The second kappa shape index (κ2) is 9.90. The van der Waals surface area contributed by atoms with Crippen LogP contribution in [0.2, 0.25) is 0 Å². The third kappa shape index (κ3) is 4.92. The maximum Gasteiger partial charge on any atom is 0.227 e. The number of amides is 1. The van der Waals surface area contributed by atoms with Crippen LogP contribution in [0.3, 0.4) is 0 Å². The minimum absolute atomic E-state index is 0.00705. The molecular weight excluding hydrogens is 441 g/mol. The Balaban J connectivity index is 1.31. The average molecular weight is 472 g/mol. The van der Waals surface area contributed by atoms with Gasteiger partial charge in [-0.3, -0.25) is 4.79 Å². The normalized spacial score (nSPS) is 15.9. The number of carbonyl (C=O) groups excluding carboxylic acids is 1. The van der Waals surface area contributed by atoms with Gasteiger partial charge in [0.15, 0.2) is 0 Å². The van der Waals surface area contributed by atoms with Crippen molar-refractivity contribution >= 4 is 22.6 Å². The van der Waals surface area contributed by atoms with E-state index < -0.39 is 0 Å². The van der Waals surface area contributed by atoms with Crippen molar-refractivity contribution in [1.82, 2.24) is 9.55 Å². The standard InChI is InChI=1S/C29H30FN3O2/c1-20(2)21-11-13-25(14-12-21)35-16-6-15-32-27-10-4-3-9-26(27)31-29(32)22-17-28(34)33(19-22)24-8-5-7-23(30)18-24/h3-5,7-14,18,20,22H,6,15-17,19H2,1-2H3. The predicted octanol–water partition coefficient (Wildman–Crippen LogP) is 6.29. The summed E-state index contributed by atoms with van der Waals surface area (Å²) in [5, 5.41) is 0. The van der Waals surface area contributed by atoms with Gasteiger partial charge < -0.3 is 14.2 Å². The smallest absolute Gasteiger partial charge is 0.227 e. The molecule has 1 aliphatic rings. The lowest BCUT2D eigenvalue weighted by Gasteiger charge is -2.17. The maximum atomic E-state index is 13.8. The molecule has 1 aromatic heterocycles. The van der Waals surface area contributed by atoms with Crippen LogP contribution in [-0.4, -0.2) is 28.6 Å². The number of hydrogen-bond donors (Lipinski definition) is 0. The second-order valence-electron chi connectivity index (χ2n) is 9.42. The van der Waals surface area contributed by atoms with E-state index >= 15 is 0 Å². The highest BCUT2D eigenvalue weighted by Gasteiger charge is 2.34. The first-order chi connectivity index (χ1) is 17.0. The van der Waals surface area contributed by atoms with Crippen molar-refractivity contribution in [2.24, 2.45) is 0 Å². The zero-order chi connectivity index (χ0) is 24.4. The van der Waals surface area contributed by atoms with Crippen LogP contribution < -0.4 is 9.64 Å². The van der Waals surface area contributed by atoms with E-state index in [0.29, 0.717) is 31.2 Å². The van der Waals surface area contributed by atoms with Gasteiger partial charge in [0.05, 0.1) is 17.6 Å². The number of carbonyl (C=O) groups is 1. The summed E-state index contributed by atoms with van der Waals surface area (Å²) in [5.41, 5.74) is 3.87. The Hall–Kier alpha value is -3.67. The molecule has 0 saturated carbocycles. The molecule has 0 N–H and O–H groups in total. The lowest BCUT2D eigenvalue weighted by atomic mass is 10.0. The van der Waals surface area contributed by atoms with Crippen molar-refractivity contribution in [2.75, 3.05) is 18.1 Å². The number of anilines is 1. The first-order valence-electron chi connectivity index (χ1n) is 12.2. The molecule has 5 rings (SSSR count). The number of rotatable bonds is 8. The van der Waals surface area contributed by atoms with Gasteiger partial charge >= 0.3 is 0 Å². The number of nitrogens with zero attached hydrogens (tertiary/aromatic N) is 3. The molecule has 1 fully saturated rings. The molecule has 1 aliphatic heterocycles. The molecule has 180 valence electrons. The van der Waals surface area contributed by atoms with Crippen LogP contribution in [0.1, 0.15) is 49.9 Å². The van der Waals surface area contributed by atoms with Gasteiger partial charge in [-0.1, -0.05) is 44.2 Å². The highest BCUT2D eigenvalue weighted by Crippen LogP contribution is 2.33. The molecule has 0 radical (unpaired) electrons. The fourth-order valence-corrected chi connectivity index (χ4v) is 4.78. The van der Waals surface area contributed by atoms with Crippen LogP contribution in [0.15, 0.2) is 72.8 Å². The monoisotopic (exact) mass is 471 g/mol. The molecule has 0 spiro atoms. The van der Waals surface area contributed by atoms with E-state index in [1.807, 2.05) is 30.3 Å². The van der Waals surface area contributed by atoms with Crippen molar-refractivity contribution in [3.05, 3.63) is 90.0 Å². The first-order valence-corrected chi connectivity index (χ1v) is 12.2. The summed E-state index contributed by atoms with van der Waals surface area (Å²) in [6.07, 6.45) is 1.17. The van der Waals surface area contributed by atoms with Crippen LogP contribution in [0.25, 0.3) is 11.0 Å². The van der Waals surface area contributed by atoms with Crippen molar-refractivity contribution in [1.29, 1.82) is 0 Å². The zero-order valence-corrected chi connectivity index (χ0v) is 20.2. The number of hydrogen-bond acceptors (Lipinski definition) is 3. The van der Waals surface area contributed by atoms with E-state index in [1.54, 1.807) is 17.0 Å². The molecule has 6 heteroatoms. The summed E-state index contributed by atoms with van der Waals surface area (Å²) in [5.74, 6) is 1.87. The van der Waals surface area contributed by atoms with Crippen molar-refractivity contribution < 1.29 is 13.9 Å². The lowest BCUT2D eigenvalue weighted by Crippen LogP contribution is -2.24. The summed E-state index contributed by atoms with van der Waals surface area (Å²) < 4.78 is 22.0. The molecule has 1 unspecified atom stereocenters. The number of fused-ring (bicyclic) bond motifs is 1. The Morgan fingerprint density at radius 1 is 1.06 bits per heavy atom. The number of benzene rings is 3. The van der Waals surface area contributed by atoms with Crippen LogP contribution in [0.5, 0.6) is 5.75 Å². The van der Waals surface area contributed by atoms with Gasteiger partial charge in [0, 0.05) is 31.1 Å². The number of imidazole rings is 1. The van der Waals surface area contributed by atoms with Crippen LogP contribution >= 0.6 is 0 Å². The minimum Gasteiger partial charge on any atom is -0.494 e. The third-order valence-electron chi connectivity index (χ3n) is 6.64. The highest BCUT2D eigenvalue weighted by molar-refractivity contribution is 5.96. The predicted molar refractivity (Wildman–Crippen MR) is 136 cm³/mol. The van der Waals surface area contributed by atoms with E-state index in [2.05, 4.69) is 36.6 Å². The molecule has 1 amide bonds. The lowest BCUT2D eigenvalue weighted by molar-refractivity contribution is -0.117. The Bertz CT molecular complexity index is 1330. The van der Waals surface area contributed by atoms with Gasteiger partial charge in [0.25, 0.3) is 0 Å². The summed E-state index contributed by atoms with van der Waals surface area (Å²) in [7, 11) is 0. The van der Waals surface area contributed by atoms with E-state index in [-0.39, 0.29) is 17.6 Å². The van der Waals surface area contributed by atoms with E-state index in [4.69, 9.17) is 9.72 Å². The van der Waals surface area contributed by atoms with Crippen molar-refractivity contribution in [3.63, 3.8) is 0 Å². The fourth-order valence-electron chi connectivity index (χ4n) is 4.78. The fraction of sp³-hybridized carbons (Fsp3) is 0.310. The van der Waals surface area contributed by atoms with Gasteiger partial charge in [0.2, 0.25) is 5.91 Å². The van der Waals surface area contributed by atoms with Crippen LogP contribution in [0, 0.1) is 5.82 Å². The largest absolute Gasteiger partial charge is 0.494 e. The molecule has 1 saturated heterocycles. The first kappa shape index (κ1) is 23.1. The van der Waals surface area contributed by atoms with Gasteiger partial charge in [-0.25, -0.2) is 9.37 Å². The van der Waals surface area contributed by atoms with Crippen molar-refractivity contribution in [2.45, 2.75) is 45.1 Å². The van der Waals surface area contributed by atoms with E-state index in [0.717, 1.165) is 35.6 Å². The molecule has 3 aromatic carbocycles. The van der Waals surface area contributed by atoms with E-state index in [9.17, 15) is 9.18 Å². The molecule has 0 bridgehead atoms. The SMILES string of the molecule is CC(C)c1ccc(OCCCn2c(C3CC(=O)N(c4cccc(F)c4)C3)nc3ccccc32)cc1. The Morgan fingerprint density at radius 3 is 2.63 bits per heavy atom. The molecule has 5 nitrogen and oxygen atoms in total. The maximum absolute atomic E-state index is 13.8. The summed E-state index contributed by atoms with van der Waals surface area (Å²) in [4.78, 5) is 19.4. The van der Waals surface area contributed by atoms with Crippen molar-refractivity contribution in [3.8, 4) is 5.75 Å². The molecule has 2 heterocycles. The molecule has 4 aromatic rings. The highest BCUT2D eigenvalue weighted by atomic mass is 19.1. The molecule has 1 atom stereocenters. The summed E-state index contributed by atoms with van der Waals surface area (Å²) in [6.45, 7) is 6.18. The van der Waals surface area contributed by atoms with Gasteiger partial charge in [-0.05, 0) is 60.4 Å². The Morgan fingerprint density at radius 2 is 1.86 bits per heavy atom. The topological polar surface area (TPSA) is 47.4 Å². The van der Waals surface area contributed by atoms with Crippen LogP contribution in [-0.2, 0) is 11.3 Å². The number of para-hydroxylation sites is 2. The van der Waals surface area contributed by atoms with E-state index in [1.165, 1.54) is 17.7 Å². The molecule has 0 aliphatic carbocycles. The van der Waals surface area contributed by atoms with Gasteiger partial charge in [-0.15, -0.1) is 0 Å². The quantitative estimate of drug-likeness (QED) is 0.284. The van der Waals surface area contributed by atoms with Crippen LogP contribution in [0.4, 0.5) is 10.1 Å². The number of aromatic nitrogens is 2. The average Bonchev–Trinajstić information content (AvgIpc) is 3.42. The molecule has 35 heavy (non-hydrogen) atoms. The third-order valence-corrected chi connectivity index (χ3v) is 6.64. The number of halogens is 1.